The molecule has 0 radical (unpaired) electrons. The quantitative estimate of drug-likeness (QED) is 0.911. The van der Waals surface area contributed by atoms with Crippen LogP contribution in [0.2, 0.25) is 0 Å². The number of aromatic nitrogens is 2. The predicted octanol–water partition coefficient (Wildman–Crippen LogP) is 2.44. The van der Waals surface area contributed by atoms with Crippen LogP contribution in [-0.2, 0) is 13.0 Å². The molecule has 2 aromatic rings. The normalized spacial score (nSPS) is 15.4. The second-order valence-electron chi connectivity index (χ2n) is 5.78. The highest BCUT2D eigenvalue weighted by Gasteiger charge is 2.19. The first-order valence-electron chi connectivity index (χ1n) is 7.65. The molecule has 116 valence electrons. The highest BCUT2D eigenvalue weighted by atomic mass is 16.3. The molecule has 0 bridgehead atoms. The van der Waals surface area contributed by atoms with Gasteiger partial charge in [-0.25, -0.2) is 9.97 Å². The van der Waals surface area contributed by atoms with Gasteiger partial charge in [0.2, 0.25) is 0 Å². The molecule has 0 fully saturated rings. The van der Waals surface area contributed by atoms with Crippen molar-refractivity contribution >= 4 is 11.6 Å². The zero-order chi connectivity index (χ0) is 15.7. The van der Waals surface area contributed by atoms with Gasteiger partial charge in [0.25, 0.3) is 0 Å². The summed E-state index contributed by atoms with van der Waals surface area (Å²) in [5.41, 5.74) is 3.62. The maximum absolute atomic E-state index is 9.71. The Hall–Kier alpha value is -2.14. The number of benzene rings is 1. The number of nitrogens with one attached hydrogen (secondary N) is 1. The van der Waals surface area contributed by atoms with Crippen molar-refractivity contribution in [1.29, 1.82) is 0 Å². The lowest BCUT2D eigenvalue weighted by atomic mass is 9.96. The lowest BCUT2D eigenvalue weighted by molar-refractivity contribution is 0.199. The minimum absolute atomic E-state index is 0.411. The summed E-state index contributed by atoms with van der Waals surface area (Å²) >= 11 is 0. The van der Waals surface area contributed by atoms with Crippen molar-refractivity contribution in [3.8, 4) is 0 Å². The fraction of sp³-hybridized carbons (Fsp3) is 0.412. The van der Waals surface area contributed by atoms with Gasteiger partial charge in [-0.05, 0) is 37.0 Å². The van der Waals surface area contributed by atoms with Crippen molar-refractivity contribution in [3.05, 3.63) is 46.8 Å². The summed E-state index contributed by atoms with van der Waals surface area (Å²) in [5, 5.41) is 12.8. The first-order valence-corrected chi connectivity index (χ1v) is 7.65. The number of rotatable bonds is 3. The topological polar surface area (TPSA) is 61.3 Å². The molecule has 1 atom stereocenters. The molecule has 22 heavy (non-hydrogen) atoms. The largest absolute Gasteiger partial charge is 0.389 e. The Morgan fingerprint density at radius 3 is 2.77 bits per heavy atom. The van der Waals surface area contributed by atoms with E-state index in [9.17, 15) is 5.11 Å². The number of hydrogen-bond donors (Lipinski definition) is 2. The van der Waals surface area contributed by atoms with E-state index in [-0.39, 0.29) is 0 Å². The number of anilines is 2. The maximum atomic E-state index is 9.71. The third-order valence-corrected chi connectivity index (χ3v) is 4.13. The van der Waals surface area contributed by atoms with E-state index in [1.165, 1.54) is 11.1 Å². The zero-order valence-electron chi connectivity index (χ0n) is 13.3. The van der Waals surface area contributed by atoms with Crippen LogP contribution in [0.3, 0.4) is 0 Å². The van der Waals surface area contributed by atoms with Gasteiger partial charge in [0.1, 0.15) is 17.5 Å². The fourth-order valence-electron chi connectivity index (χ4n) is 2.87. The van der Waals surface area contributed by atoms with Crippen LogP contribution in [0.5, 0.6) is 0 Å². The van der Waals surface area contributed by atoms with Crippen molar-refractivity contribution in [1.82, 2.24) is 9.97 Å². The molecular weight excluding hydrogens is 276 g/mol. The van der Waals surface area contributed by atoms with Crippen LogP contribution in [0.1, 0.15) is 35.5 Å². The first kappa shape index (κ1) is 14.8. The van der Waals surface area contributed by atoms with E-state index in [4.69, 9.17) is 0 Å². The van der Waals surface area contributed by atoms with Crippen molar-refractivity contribution in [2.75, 3.05) is 23.8 Å². The second kappa shape index (κ2) is 5.93. The molecule has 5 nitrogen and oxygen atoms in total. The highest BCUT2D eigenvalue weighted by Crippen LogP contribution is 2.26. The molecule has 0 spiro atoms. The van der Waals surface area contributed by atoms with Gasteiger partial charge in [0.05, 0.1) is 6.10 Å². The third kappa shape index (κ3) is 2.90. The average molecular weight is 298 g/mol. The van der Waals surface area contributed by atoms with Gasteiger partial charge in [0, 0.05) is 26.2 Å². The Labute approximate surface area is 131 Å². The molecule has 1 aromatic heterocycles. The van der Waals surface area contributed by atoms with Crippen molar-refractivity contribution < 1.29 is 5.11 Å². The number of aliphatic hydroxyl groups is 1. The van der Waals surface area contributed by atoms with E-state index < -0.39 is 6.10 Å². The number of hydrogen-bond acceptors (Lipinski definition) is 5. The van der Waals surface area contributed by atoms with Crippen LogP contribution in [0, 0.1) is 6.92 Å². The van der Waals surface area contributed by atoms with Crippen molar-refractivity contribution in [2.45, 2.75) is 32.9 Å². The Balaban J connectivity index is 1.87. The summed E-state index contributed by atoms with van der Waals surface area (Å²) < 4.78 is 0. The molecular formula is C17H22N4O. The van der Waals surface area contributed by atoms with Gasteiger partial charge in [-0.3, -0.25) is 0 Å². The van der Waals surface area contributed by atoms with E-state index in [0.29, 0.717) is 0 Å². The standard InChI is InChI=1S/C17H22N4O/c1-11(22)13-4-5-15-10-21(7-6-14(15)8-13)17-9-16(18-3)19-12(2)20-17/h4-5,8-9,11,22H,6-7,10H2,1-3H3,(H,18,19,20)/t11-/m1/s1. The molecule has 0 aliphatic carbocycles. The number of aliphatic hydroxyl groups excluding tert-OH is 1. The molecule has 1 aromatic carbocycles. The van der Waals surface area contributed by atoms with E-state index in [1.807, 2.05) is 26.1 Å². The maximum Gasteiger partial charge on any atom is 0.134 e. The Bertz CT molecular complexity index is 684. The van der Waals surface area contributed by atoms with Gasteiger partial charge in [-0.15, -0.1) is 0 Å². The smallest absolute Gasteiger partial charge is 0.134 e. The van der Waals surface area contributed by atoms with E-state index in [2.05, 4.69) is 32.3 Å². The lowest BCUT2D eigenvalue weighted by Gasteiger charge is -2.30. The molecule has 0 saturated carbocycles. The number of fused-ring (bicyclic) bond motifs is 1. The summed E-state index contributed by atoms with van der Waals surface area (Å²) in [5.74, 6) is 2.58. The summed E-state index contributed by atoms with van der Waals surface area (Å²) in [6.07, 6.45) is 0.555. The number of aryl methyl sites for hydroxylation is 1. The Morgan fingerprint density at radius 2 is 2.05 bits per heavy atom. The summed E-state index contributed by atoms with van der Waals surface area (Å²) in [6, 6.07) is 8.25. The molecule has 2 N–H and O–H groups in total. The number of nitrogens with zero attached hydrogens (tertiary/aromatic N) is 3. The van der Waals surface area contributed by atoms with Crippen molar-refractivity contribution in [3.63, 3.8) is 0 Å². The SMILES string of the molecule is CNc1cc(N2CCc3cc([C@@H](C)O)ccc3C2)nc(C)n1. The van der Waals surface area contributed by atoms with Gasteiger partial charge in [-0.1, -0.05) is 18.2 Å². The van der Waals surface area contributed by atoms with E-state index >= 15 is 0 Å². The Morgan fingerprint density at radius 1 is 1.23 bits per heavy atom. The Kier molecular flexibility index (Phi) is 3.98. The van der Waals surface area contributed by atoms with Gasteiger partial charge in [0.15, 0.2) is 0 Å². The molecule has 1 aliphatic heterocycles. The first-order chi connectivity index (χ1) is 10.6. The minimum Gasteiger partial charge on any atom is -0.389 e. The molecule has 0 unspecified atom stereocenters. The van der Waals surface area contributed by atoms with Crippen LogP contribution in [-0.4, -0.2) is 28.7 Å². The molecule has 3 rings (SSSR count). The van der Waals surface area contributed by atoms with Crippen molar-refractivity contribution in [2.24, 2.45) is 0 Å². The van der Waals surface area contributed by atoms with Crippen LogP contribution < -0.4 is 10.2 Å². The summed E-state index contributed by atoms with van der Waals surface area (Å²) in [4.78, 5) is 11.2. The minimum atomic E-state index is -0.411. The van der Waals surface area contributed by atoms with E-state index in [0.717, 1.165) is 42.5 Å². The monoisotopic (exact) mass is 298 g/mol. The van der Waals surface area contributed by atoms with Gasteiger partial charge < -0.3 is 15.3 Å². The van der Waals surface area contributed by atoms with Crippen LogP contribution in [0.25, 0.3) is 0 Å². The molecule has 2 heterocycles. The third-order valence-electron chi connectivity index (χ3n) is 4.13. The molecule has 0 saturated heterocycles. The lowest BCUT2D eigenvalue weighted by Crippen LogP contribution is -2.31. The highest BCUT2D eigenvalue weighted by molar-refractivity contribution is 5.51. The van der Waals surface area contributed by atoms with Crippen LogP contribution in [0.15, 0.2) is 24.3 Å². The fourth-order valence-corrected chi connectivity index (χ4v) is 2.87. The summed E-state index contributed by atoms with van der Waals surface area (Å²) in [7, 11) is 1.87. The van der Waals surface area contributed by atoms with Gasteiger partial charge >= 0.3 is 0 Å². The predicted molar refractivity (Wildman–Crippen MR) is 88.1 cm³/mol. The summed E-state index contributed by atoms with van der Waals surface area (Å²) in [6.45, 7) is 5.49. The van der Waals surface area contributed by atoms with Crippen LogP contribution >= 0.6 is 0 Å². The van der Waals surface area contributed by atoms with Gasteiger partial charge in [-0.2, -0.15) is 0 Å². The second-order valence-corrected chi connectivity index (χ2v) is 5.78. The van der Waals surface area contributed by atoms with Crippen LogP contribution in [0.4, 0.5) is 11.6 Å². The molecule has 1 aliphatic rings. The average Bonchev–Trinajstić information content (AvgIpc) is 2.53. The molecule has 5 heteroatoms. The van der Waals surface area contributed by atoms with E-state index in [1.54, 1.807) is 6.92 Å². The zero-order valence-corrected chi connectivity index (χ0v) is 13.3. The molecule has 0 amide bonds.